The van der Waals surface area contributed by atoms with E-state index in [0.717, 1.165) is 15.5 Å². The summed E-state index contributed by atoms with van der Waals surface area (Å²) in [6, 6.07) is 13.2. The Morgan fingerprint density at radius 1 is 1.20 bits per heavy atom. The summed E-state index contributed by atoms with van der Waals surface area (Å²) >= 11 is 2.18. The van der Waals surface area contributed by atoms with E-state index in [1.807, 2.05) is 60.7 Å². The van der Waals surface area contributed by atoms with Crippen LogP contribution >= 0.6 is 22.6 Å². The summed E-state index contributed by atoms with van der Waals surface area (Å²) in [6.07, 6.45) is 0.794. The highest BCUT2D eigenvalue weighted by atomic mass is 127. The van der Waals surface area contributed by atoms with E-state index in [4.69, 9.17) is 9.97 Å². The molecule has 0 spiro atoms. The van der Waals surface area contributed by atoms with Crippen LogP contribution in [-0.2, 0) is 0 Å². The van der Waals surface area contributed by atoms with Crippen molar-refractivity contribution in [3.05, 3.63) is 62.0 Å². The molecule has 0 saturated heterocycles. The molecule has 5 rings (SSSR count). The van der Waals surface area contributed by atoms with E-state index in [2.05, 4.69) is 32.9 Å². The van der Waals surface area contributed by atoms with E-state index in [9.17, 15) is 9.59 Å². The second kappa shape index (κ2) is 7.05. The van der Waals surface area contributed by atoms with Gasteiger partial charge in [-0.3, -0.25) is 14.0 Å². The first-order valence-electron chi connectivity index (χ1n) is 9.71. The van der Waals surface area contributed by atoms with Gasteiger partial charge < -0.3 is 10.3 Å². The van der Waals surface area contributed by atoms with Crippen molar-refractivity contribution >= 4 is 67.2 Å². The molecule has 1 amide bonds. The number of amides is 1. The molecule has 7 nitrogen and oxygen atoms in total. The first kappa shape index (κ1) is 19.0. The van der Waals surface area contributed by atoms with Crippen molar-refractivity contribution in [1.29, 1.82) is 0 Å². The standard InChI is InChI=1S/C22H18IN5O2/c1-3-11(2)24-22(30)17-18-20(26-15-7-5-4-6-14(15)25-18)28-16-9-8-12(23)10-13(16)21(29)27-19(17)28/h4-11H,3H2,1-2H3,(H,24,30)(H,27,29). The molecular weight excluding hydrogens is 493 g/mol. The number of H-pyrrole nitrogens is 1. The van der Waals surface area contributed by atoms with Crippen LogP contribution in [0.2, 0.25) is 0 Å². The Bertz CT molecular complexity index is 1540. The summed E-state index contributed by atoms with van der Waals surface area (Å²) in [5, 5.41) is 3.53. The molecule has 30 heavy (non-hydrogen) atoms. The maximum absolute atomic E-state index is 13.2. The quantitative estimate of drug-likeness (QED) is 0.358. The molecular formula is C22H18IN5O2. The van der Waals surface area contributed by atoms with Crippen molar-refractivity contribution in [1.82, 2.24) is 24.7 Å². The summed E-state index contributed by atoms with van der Waals surface area (Å²) in [5.74, 6) is -0.276. The number of hydrogen-bond acceptors (Lipinski definition) is 4. The van der Waals surface area contributed by atoms with Crippen molar-refractivity contribution in [3.63, 3.8) is 0 Å². The molecule has 0 aliphatic rings. The molecule has 0 aliphatic heterocycles. The van der Waals surface area contributed by atoms with Crippen molar-refractivity contribution in [3.8, 4) is 0 Å². The van der Waals surface area contributed by atoms with Gasteiger partial charge in [0.05, 0.1) is 21.9 Å². The maximum Gasteiger partial charge on any atom is 0.258 e. The zero-order valence-electron chi connectivity index (χ0n) is 16.4. The molecule has 3 aromatic heterocycles. The minimum Gasteiger partial charge on any atom is -0.349 e. The molecule has 0 radical (unpaired) electrons. The molecule has 8 heteroatoms. The Balaban J connectivity index is 1.98. The SMILES string of the molecule is CCC(C)NC(=O)c1c2nc3ccccc3nc2n2c1[nH]c(=O)c1cc(I)ccc12. The number of carbonyl (C=O) groups is 1. The largest absolute Gasteiger partial charge is 0.349 e. The highest BCUT2D eigenvalue weighted by Gasteiger charge is 2.24. The predicted molar refractivity (Wildman–Crippen MR) is 126 cm³/mol. The van der Waals surface area contributed by atoms with Crippen LogP contribution in [0.25, 0.3) is 38.7 Å². The molecule has 1 atom stereocenters. The Labute approximate surface area is 184 Å². The lowest BCUT2D eigenvalue weighted by atomic mass is 10.2. The Kier molecular flexibility index (Phi) is 4.46. The van der Waals surface area contributed by atoms with Crippen molar-refractivity contribution in [2.24, 2.45) is 0 Å². The number of nitrogens with zero attached hydrogens (tertiary/aromatic N) is 3. The van der Waals surface area contributed by atoms with Gasteiger partial charge in [-0.2, -0.15) is 0 Å². The average molecular weight is 511 g/mol. The molecule has 5 aromatic rings. The number of carbonyl (C=O) groups excluding carboxylic acids is 1. The van der Waals surface area contributed by atoms with Crippen molar-refractivity contribution in [2.75, 3.05) is 0 Å². The van der Waals surface area contributed by atoms with E-state index in [0.29, 0.717) is 38.8 Å². The summed E-state index contributed by atoms with van der Waals surface area (Å²) in [5.41, 5.74) is 3.60. The van der Waals surface area contributed by atoms with E-state index >= 15 is 0 Å². The van der Waals surface area contributed by atoms with Gasteiger partial charge in [-0.15, -0.1) is 0 Å². The normalized spacial score (nSPS) is 12.8. The van der Waals surface area contributed by atoms with E-state index in [-0.39, 0.29) is 17.5 Å². The van der Waals surface area contributed by atoms with Crippen LogP contribution < -0.4 is 10.9 Å². The lowest BCUT2D eigenvalue weighted by molar-refractivity contribution is 0.0942. The number of nitrogens with one attached hydrogen (secondary N) is 2. The molecule has 0 fully saturated rings. The zero-order valence-corrected chi connectivity index (χ0v) is 18.5. The van der Waals surface area contributed by atoms with E-state index in [1.165, 1.54) is 0 Å². The van der Waals surface area contributed by atoms with Gasteiger partial charge in [0.25, 0.3) is 11.5 Å². The molecule has 3 heterocycles. The summed E-state index contributed by atoms with van der Waals surface area (Å²) in [7, 11) is 0. The third kappa shape index (κ3) is 2.85. The van der Waals surface area contributed by atoms with Gasteiger partial charge in [0.2, 0.25) is 0 Å². The Hall–Kier alpha value is -3.01. The number of halogens is 1. The highest BCUT2D eigenvalue weighted by molar-refractivity contribution is 14.1. The topological polar surface area (TPSA) is 92.2 Å². The molecule has 2 N–H and O–H groups in total. The fraction of sp³-hybridized carbons (Fsp3) is 0.182. The molecule has 0 bridgehead atoms. The predicted octanol–water partition coefficient (Wildman–Crippen LogP) is 4.01. The van der Waals surface area contributed by atoms with Gasteiger partial charge in [0, 0.05) is 9.61 Å². The van der Waals surface area contributed by atoms with Crippen LogP contribution in [0.15, 0.2) is 47.3 Å². The monoisotopic (exact) mass is 511 g/mol. The van der Waals surface area contributed by atoms with Gasteiger partial charge in [-0.1, -0.05) is 19.1 Å². The summed E-state index contributed by atoms with van der Waals surface area (Å²) in [4.78, 5) is 38.6. The van der Waals surface area contributed by atoms with Gasteiger partial charge in [0.1, 0.15) is 16.7 Å². The van der Waals surface area contributed by atoms with Crippen LogP contribution in [0.5, 0.6) is 0 Å². The fourth-order valence-corrected chi connectivity index (χ4v) is 4.16. The number of para-hydroxylation sites is 2. The minimum atomic E-state index is -0.276. The number of aromatic nitrogens is 4. The smallest absolute Gasteiger partial charge is 0.258 e. The molecule has 150 valence electrons. The molecule has 0 aliphatic carbocycles. The number of benzene rings is 2. The maximum atomic E-state index is 13.2. The fourth-order valence-electron chi connectivity index (χ4n) is 3.67. The first-order chi connectivity index (χ1) is 14.5. The lowest BCUT2D eigenvalue weighted by Gasteiger charge is -2.11. The minimum absolute atomic E-state index is 0.00956. The zero-order chi connectivity index (χ0) is 21.0. The highest BCUT2D eigenvalue weighted by Crippen LogP contribution is 2.28. The number of aromatic amines is 1. The average Bonchev–Trinajstić information content (AvgIpc) is 3.05. The van der Waals surface area contributed by atoms with Crippen molar-refractivity contribution in [2.45, 2.75) is 26.3 Å². The van der Waals surface area contributed by atoms with E-state index < -0.39 is 0 Å². The van der Waals surface area contributed by atoms with E-state index in [1.54, 1.807) is 0 Å². The number of fused-ring (bicyclic) bond motifs is 6. The van der Waals surface area contributed by atoms with Crippen LogP contribution in [-0.4, -0.2) is 31.3 Å². The second-order valence-electron chi connectivity index (χ2n) is 7.34. The molecule has 0 saturated carbocycles. The van der Waals surface area contributed by atoms with Crippen LogP contribution in [0.4, 0.5) is 0 Å². The molecule has 2 aromatic carbocycles. The van der Waals surface area contributed by atoms with Gasteiger partial charge in [0.15, 0.2) is 5.65 Å². The second-order valence-corrected chi connectivity index (χ2v) is 8.59. The summed E-state index contributed by atoms with van der Waals surface area (Å²) < 4.78 is 2.78. The summed E-state index contributed by atoms with van der Waals surface area (Å²) in [6.45, 7) is 3.95. The van der Waals surface area contributed by atoms with Crippen LogP contribution in [0, 0.1) is 3.57 Å². The van der Waals surface area contributed by atoms with Gasteiger partial charge in [-0.05, 0) is 66.3 Å². The third-order valence-electron chi connectivity index (χ3n) is 5.35. The Morgan fingerprint density at radius 2 is 1.93 bits per heavy atom. The third-order valence-corrected chi connectivity index (χ3v) is 6.03. The van der Waals surface area contributed by atoms with Crippen molar-refractivity contribution < 1.29 is 4.79 Å². The molecule has 1 unspecified atom stereocenters. The number of hydrogen-bond donors (Lipinski definition) is 2. The van der Waals surface area contributed by atoms with Gasteiger partial charge >= 0.3 is 0 Å². The lowest BCUT2D eigenvalue weighted by Crippen LogP contribution is -2.32. The first-order valence-corrected chi connectivity index (χ1v) is 10.8. The van der Waals surface area contributed by atoms with Gasteiger partial charge in [-0.25, -0.2) is 9.97 Å². The van der Waals surface area contributed by atoms with Crippen LogP contribution in [0.1, 0.15) is 30.6 Å². The Morgan fingerprint density at radius 3 is 2.67 bits per heavy atom. The number of rotatable bonds is 3. The van der Waals surface area contributed by atoms with Crippen LogP contribution in [0.3, 0.4) is 0 Å².